The number of hydrogen-bond donors (Lipinski definition) is 1. The third kappa shape index (κ3) is 4.08. The highest BCUT2D eigenvalue weighted by Crippen LogP contribution is 2.25. The van der Waals surface area contributed by atoms with E-state index >= 15 is 0 Å². The average molecular weight is 336 g/mol. The van der Waals surface area contributed by atoms with E-state index in [0.717, 1.165) is 5.69 Å². The molecule has 7 heteroatoms. The minimum atomic E-state index is -0.195. The van der Waals surface area contributed by atoms with E-state index in [4.69, 9.17) is 34.8 Å². The van der Waals surface area contributed by atoms with Crippen molar-refractivity contribution in [2.24, 2.45) is 0 Å². The van der Waals surface area contributed by atoms with Crippen LogP contribution in [0.4, 0.5) is 5.69 Å². The fraction of sp³-hybridized carbons (Fsp3) is 0.167. The van der Waals surface area contributed by atoms with Gasteiger partial charge in [0.25, 0.3) is 0 Å². The molecule has 0 saturated heterocycles. The number of halogens is 3. The predicted octanol–water partition coefficient (Wildman–Crippen LogP) is 4.37. The van der Waals surface area contributed by atoms with Crippen molar-refractivity contribution in [3.8, 4) is 0 Å². The summed E-state index contributed by atoms with van der Waals surface area (Å²) in [4.78, 5) is 16.1. The minimum absolute atomic E-state index is 0.185. The maximum Gasteiger partial charge on any atom is 0.231 e. The van der Waals surface area contributed by atoms with Gasteiger partial charge in [0.1, 0.15) is 5.01 Å². The first-order valence-electron chi connectivity index (χ1n) is 5.32. The molecule has 2 rings (SSSR count). The first kappa shape index (κ1) is 14.6. The number of rotatable bonds is 4. The molecule has 0 radical (unpaired) electrons. The molecule has 0 aliphatic rings. The Morgan fingerprint density at radius 3 is 2.84 bits per heavy atom. The van der Waals surface area contributed by atoms with Crippen LogP contribution in [0.3, 0.4) is 0 Å². The number of benzene rings is 1. The lowest BCUT2D eigenvalue weighted by atomic mass is 10.3. The summed E-state index contributed by atoms with van der Waals surface area (Å²) in [6, 6.07) is 4.90. The van der Waals surface area contributed by atoms with Gasteiger partial charge in [-0.15, -0.1) is 22.9 Å². The molecule has 1 aromatic carbocycles. The molecule has 3 nitrogen and oxygen atoms in total. The summed E-state index contributed by atoms with van der Waals surface area (Å²) in [5.74, 6) is 0.151. The number of alkyl halides is 1. The molecule has 0 spiro atoms. The quantitative estimate of drug-likeness (QED) is 0.843. The maximum atomic E-state index is 11.9. The van der Waals surface area contributed by atoms with E-state index in [-0.39, 0.29) is 12.3 Å². The predicted molar refractivity (Wildman–Crippen MR) is 80.5 cm³/mol. The summed E-state index contributed by atoms with van der Waals surface area (Å²) in [7, 11) is 0. The second-order valence-electron chi connectivity index (χ2n) is 3.72. The Kier molecular flexibility index (Phi) is 5.05. The van der Waals surface area contributed by atoms with Gasteiger partial charge in [0.2, 0.25) is 5.91 Å². The Hall–Kier alpha value is -0.810. The molecule has 0 atom stereocenters. The van der Waals surface area contributed by atoms with Gasteiger partial charge in [0, 0.05) is 10.4 Å². The summed E-state index contributed by atoms with van der Waals surface area (Å²) in [6.45, 7) is 0. The largest absolute Gasteiger partial charge is 0.324 e. The fourth-order valence-electron chi connectivity index (χ4n) is 1.42. The lowest BCUT2D eigenvalue weighted by Crippen LogP contribution is -2.14. The van der Waals surface area contributed by atoms with Crippen LogP contribution in [0.1, 0.15) is 10.7 Å². The second kappa shape index (κ2) is 6.57. The number of hydrogen-bond acceptors (Lipinski definition) is 3. The van der Waals surface area contributed by atoms with E-state index in [1.807, 2.05) is 5.38 Å². The summed E-state index contributed by atoms with van der Waals surface area (Å²) in [5, 5.41) is 6.21. The number of anilines is 1. The van der Waals surface area contributed by atoms with Gasteiger partial charge in [-0.3, -0.25) is 4.79 Å². The van der Waals surface area contributed by atoms with Gasteiger partial charge in [0.15, 0.2) is 0 Å². The van der Waals surface area contributed by atoms with Crippen molar-refractivity contribution >= 4 is 57.7 Å². The highest BCUT2D eigenvalue weighted by atomic mass is 35.5. The lowest BCUT2D eigenvalue weighted by molar-refractivity contribution is -0.115. The Labute approximate surface area is 129 Å². The number of carbonyl (C=O) groups is 1. The molecule has 0 aliphatic carbocycles. The number of nitrogens with zero attached hydrogens (tertiary/aromatic N) is 1. The van der Waals surface area contributed by atoms with Gasteiger partial charge in [-0.1, -0.05) is 23.2 Å². The van der Waals surface area contributed by atoms with Gasteiger partial charge < -0.3 is 5.32 Å². The van der Waals surface area contributed by atoms with Crippen LogP contribution in [0, 0.1) is 0 Å². The maximum absolute atomic E-state index is 11.9. The van der Waals surface area contributed by atoms with Crippen molar-refractivity contribution in [2.45, 2.75) is 12.3 Å². The van der Waals surface area contributed by atoms with E-state index in [0.29, 0.717) is 26.6 Å². The molecule has 0 fully saturated rings. The van der Waals surface area contributed by atoms with Crippen molar-refractivity contribution in [3.05, 3.63) is 44.3 Å². The number of aromatic nitrogens is 1. The molecule has 0 aliphatic heterocycles. The van der Waals surface area contributed by atoms with E-state index in [9.17, 15) is 4.79 Å². The van der Waals surface area contributed by atoms with Gasteiger partial charge >= 0.3 is 0 Å². The van der Waals surface area contributed by atoms with Crippen molar-refractivity contribution < 1.29 is 4.79 Å². The molecule has 1 amide bonds. The van der Waals surface area contributed by atoms with Gasteiger partial charge in [-0.25, -0.2) is 4.98 Å². The lowest BCUT2D eigenvalue weighted by Gasteiger charge is -2.06. The van der Waals surface area contributed by atoms with E-state index in [1.165, 1.54) is 11.3 Å². The highest BCUT2D eigenvalue weighted by Gasteiger charge is 2.10. The van der Waals surface area contributed by atoms with Crippen molar-refractivity contribution in [3.63, 3.8) is 0 Å². The zero-order chi connectivity index (χ0) is 13.8. The number of carbonyl (C=O) groups excluding carboxylic acids is 1. The summed E-state index contributed by atoms with van der Waals surface area (Å²) in [5.41, 5.74) is 1.27. The molecule has 19 heavy (non-hydrogen) atoms. The van der Waals surface area contributed by atoms with Crippen LogP contribution < -0.4 is 5.32 Å². The first-order valence-corrected chi connectivity index (χ1v) is 7.49. The van der Waals surface area contributed by atoms with Crippen LogP contribution in [0.15, 0.2) is 23.6 Å². The molecule has 1 heterocycles. The fourth-order valence-corrected chi connectivity index (χ4v) is 2.77. The molecule has 0 unspecified atom stereocenters. The highest BCUT2D eigenvalue weighted by molar-refractivity contribution is 7.09. The minimum Gasteiger partial charge on any atom is -0.324 e. The molecule has 0 saturated carbocycles. The SMILES string of the molecule is O=C(Cc1nc(CCl)cs1)Nc1cc(Cl)ccc1Cl. The Bertz CT molecular complexity index is 600. The summed E-state index contributed by atoms with van der Waals surface area (Å²) in [6.07, 6.45) is 0.185. The molecule has 2 aromatic rings. The normalized spacial score (nSPS) is 10.5. The Morgan fingerprint density at radius 2 is 2.16 bits per heavy atom. The van der Waals surface area contributed by atoms with Gasteiger partial charge in [-0.2, -0.15) is 0 Å². The average Bonchev–Trinajstić information content (AvgIpc) is 2.81. The molecule has 0 bridgehead atoms. The first-order chi connectivity index (χ1) is 9.08. The van der Waals surface area contributed by atoms with Crippen molar-refractivity contribution in [1.82, 2.24) is 4.98 Å². The van der Waals surface area contributed by atoms with E-state index in [2.05, 4.69) is 10.3 Å². The standard InChI is InChI=1S/C12H9Cl3N2OS/c13-5-8-6-19-12(16-8)4-11(18)17-10-3-7(14)1-2-9(10)15/h1-3,6H,4-5H2,(H,17,18). The molecule has 1 aromatic heterocycles. The zero-order valence-corrected chi connectivity index (χ0v) is 12.7. The van der Waals surface area contributed by atoms with Gasteiger partial charge in [-0.05, 0) is 18.2 Å². The summed E-state index contributed by atoms with van der Waals surface area (Å²) < 4.78 is 0. The molecule has 100 valence electrons. The monoisotopic (exact) mass is 334 g/mol. The van der Waals surface area contributed by atoms with E-state index < -0.39 is 0 Å². The number of amides is 1. The van der Waals surface area contributed by atoms with Crippen LogP contribution in [0.2, 0.25) is 10.0 Å². The van der Waals surface area contributed by atoms with Gasteiger partial charge in [0.05, 0.1) is 28.7 Å². The van der Waals surface area contributed by atoms with Crippen LogP contribution in [0.25, 0.3) is 0 Å². The Morgan fingerprint density at radius 1 is 1.37 bits per heavy atom. The van der Waals surface area contributed by atoms with Crippen molar-refractivity contribution in [1.29, 1.82) is 0 Å². The third-order valence-corrected chi connectivity index (χ3v) is 3.99. The van der Waals surface area contributed by atoms with Crippen LogP contribution in [0.5, 0.6) is 0 Å². The van der Waals surface area contributed by atoms with Crippen molar-refractivity contribution in [2.75, 3.05) is 5.32 Å². The zero-order valence-electron chi connectivity index (χ0n) is 9.62. The van der Waals surface area contributed by atoms with Crippen LogP contribution >= 0.6 is 46.1 Å². The van der Waals surface area contributed by atoms with Crippen LogP contribution in [-0.2, 0) is 17.1 Å². The summed E-state index contributed by atoms with van der Waals surface area (Å²) >= 11 is 18.9. The second-order valence-corrected chi connectivity index (χ2v) is 5.77. The molecule has 1 N–H and O–H groups in total. The Balaban J connectivity index is 2.03. The van der Waals surface area contributed by atoms with Crippen LogP contribution in [-0.4, -0.2) is 10.9 Å². The number of nitrogens with one attached hydrogen (secondary N) is 1. The topological polar surface area (TPSA) is 42.0 Å². The third-order valence-electron chi connectivity index (χ3n) is 2.25. The molecular formula is C12H9Cl3N2OS. The van der Waals surface area contributed by atoms with E-state index in [1.54, 1.807) is 18.2 Å². The molecular weight excluding hydrogens is 327 g/mol. The smallest absolute Gasteiger partial charge is 0.231 e. The number of thiazole rings is 1.